The predicted octanol–water partition coefficient (Wildman–Crippen LogP) is 1.78. The van der Waals surface area contributed by atoms with Gasteiger partial charge in [-0.15, -0.1) is 0 Å². The Kier molecular flexibility index (Phi) is 3.03. The van der Waals surface area contributed by atoms with E-state index in [0.29, 0.717) is 25.3 Å². The minimum atomic E-state index is -3.39. The molecular formula is C13H17NO4S. The Labute approximate surface area is 112 Å². The van der Waals surface area contributed by atoms with E-state index in [1.54, 1.807) is 19.1 Å². The van der Waals surface area contributed by atoms with Crippen molar-refractivity contribution < 1.29 is 18.2 Å². The summed E-state index contributed by atoms with van der Waals surface area (Å²) in [5.41, 5.74) is 0.605. The van der Waals surface area contributed by atoms with Crippen LogP contribution in [-0.2, 0) is 19.8 Å². The molecular weight excluding hydrogens is 266 g/mol. The monoisotopic (exact) mass is 283 g/mol. The van der Waals surface area contributed by atoms with Crippen LogP contribution in [0.1, 0.15) is 13.3 Å². The largest absolute Gasteiger partial charge is 0.283 e. The maximum Gasteiger partial charge on any atom is 0.238 e. The normalized spacial score (nSPS) is 31.3. The summed E-state index contributed by atoms with van der Waals surface area (Å²) in [7, 11) is -3.39. The quantitative estimate of drug-likeness (QED) is 0.856. The second kappa shape index (κ2) is 4.47. The van der Waals surface area contributed by atoms with Gasteiger partial charge in [-0.2, -0.15) is 0 Å². The minimum absolute atomic E-state index is 0.108. The van der Waals surface area contributed by atoms with Gasteiger partial charge in [-0.1, -0.05) is 18.2 Å². The van der Waals surface area contributed by atoms with Gasteiger partial charge < -0.3 is 0 Å². The third kappa shape index (κ3) is 2.24. The summed E-state index contributed by atoms with van der Waals surface area (Å²) in [5, 5.41) is 0. The van der Waals surface area contributed by atoms with Crippen molar-refractivity contribution in [2.75, 3.05) is 17.9 Å². The molecule has 3 rings (SSSR count). The summed E-state index contributed by atoms with van der Waals surface area (Å²) < 4.78 is 26.9. The second-order valence-electron chi connectivity index (χ2n) is 5.42. The molecule has 2 unspecified atom stereocenters. The molecule has 1 aliphatic carbocycles. The Morgan fingerprint density at radius 3 is 2.47 bits per heavy atom. The molecule has 1 saturated carbocycles. The van der Waals surface area contributed by atoms with Gasteiger partial charge in [0, 0.05) is 11.6 Å². The number of sulfonamides is 1. The van der Waals surface area contributed by atoms with Crippen LogP contribution >= 0.6 is 0 Å². The van der Waals surface area contributed by atoms with E-state index in [9.17, 15) is 8.42 Å². The molecule has 2 aliphatic rings. The van der Waals surface area contributed by atoms with Gasteiger partial charge in [-0.3, -0.25) is 4.72 Å². The lowest BCUT2D eigenvalue weighted by atomic mass is 10.1. The average Bonchev–Trinajstić information content (AvgIpc) is 2.87. The van der Waals surface area contributed by atoms with E-state index in [-0.39, 0.29) is 11.8 Å². The summed E-state index contributed by atoms with van der Waals surface area (Å²) in [6, 6.07) is 8.97. The first-order chi connectivity index (χ1) is 9.03. The lowest BCUT2D eigenvalue weighted by Gasteiger charge is -2.16. The van der Waals surface area contributed by atoms with Crippen LogP contribution in [0, 0.1) is 11.8 Å². The molecule has 1 N–H and O–H groups in total. The third-order valence-electron chi connectivity index (χ3n) is 4.11. The molecule has 0 amide bonds. The number of para-hydroxylation sites is 1. The fourth-order valence-electron chi connectivity index (χ4n) is 2.68. The molecule has 6 heteroatoms. The van der Waals surface area contributed by atoms with Gasteiger partial charge in [0.25, 0.3) is 0 Å². The van der Waals surface area contributed by atoms with Gasteiger partial charge in [0.15, 0.2) is 0 Å². The van der Waals surface area contributed by atoms with Gasteiger partial charge >= 0.3 is 0 Å². The first-order valence-corrected chi connectivity index (χ1v) is 7.83. The summed E-state index contributed by atoms with van der Waals surface area (Å²) in [5.74, 6) is 0.286. The van der Waals surface area contributed by atoms with Crippen molar-refractivity contribution in [3.63, 3.8) is 0 Å². The molecule has 0 spiro atoms. The van der Waals surface area contributed by atoms with Crippen LogP contribution in [-0.4, -0.2) is 26.4 Å². The van der Waals surface area contributed by atoms with Gasteiger partial charge in [0.1, 0.15) is 0 Å². The molecule has 5 nitrogen and oxygen atoms in total. The van der Waals surface area contributed by atoms with Crippen LogP contribution in [0.15, 0.2) is 30.3 Å². The van der Waals surface area contributed by atoms with E-state index in [1.807, 2.05) is 18.2 Å². The van der Waals surface area contributed by atoms with Crippen LogP contribution in [0.5, 0.6) is 0 Å². The number of rotatable bonds is 4. The van der Waals surface area contributed by atoms with E-state index in [2.05, 4.69) is 4.72 Å². The zero-order chi connectivity index (χ0) is 13.5. The first kappa shape index (κ1) is 12.9. The predicted molar refractivity (Wildman–Crippen MR) is 70.9 cm³/mol. The Hall–Kier alpha value is -1.11. The third-order valence-corrected chi connectivity index (χ3v) is 6.31. The topological polar surface area (TPSA) is 64.6 Å². The number of hydrogen-bond acceptors (Lipinski definition) is 4. The van der Waals surface area contributed by atoms with Crippen molar-refractivity contribution in [2.45, 2.75) is 18.1 Å². The fourth-order valence-corrected chi connectivity index (χ4v) is 4.35. The Morgan fingerprint density at radius 2 is 1.84 bits per heavy atom. The highest BCUT2D eigenvalue weighted by Gasteiger charge is 2.63. The van der Waals surface area contributed by atoms with Crippen LogP contribution in [0.25, 0.3) is 0 Å². The van der Waals surface area contributed by atoms with Gasteiger partial charge in [0.05, 0.1) is 18.0 Å². The van der Waals surface area contributed by atoms with E-state index in [0.717, 1.165) is 0 Å². The molecule has 0 aromatic heterocycles. The summed E-state index contributed by atoms with van der Waals surface area (Å²) in [4.78, 5) is 9.73. The van der Waals surface area contributed by atoms with E-state index >= 15 is 0 Å². The molecule has 104 valence electrons. The van der Waals surface area contributed by atoms with Crippen molar-refractivity contribution in [3.8, 4) is 0 Å². The molecule has 0 bridgehead atoms. The molecule has 0 radical (unpaired) electrons. The Bertz CT molecular complexity index is 553. The lowest BCUT2D eigenvalue weighted by molar-refractivity contribution is -0.248. The molecule has 1 aliphatic heterocycles. The minimum Gasteiger partial charge on any atom is -0.283 e. The van der Waals surface area contributed by atoms with Crippen molar-refractivity contribution in [2.24, 2.45) is 11.8 Å². The Morgan fingerprint density at radius 1 is 1.21 bits per heavy atom. The summed E-state index contributed by atoms with van der Waals surface area (Å²) in [6.07, 6.45) is 0.659. The molecule has 1 saturated heterocycles. The summed E-state index contributed by atoms with van der Waals surface area (Å²) in [6.45, 7) is 2.77. The number of anilines is 1. The van der Waals surface area contributed by atoms with Crippen LogP contribution < -0.4 is 4.72 Å². The molecule has 1 heterocycles. The van der Waals surface area contributed by atoms with Crippen LogP contribution in [0.2, 0.25) is 0 Å². The maximum absolute atomic E-state index is 12.5. The smallest absolute Gasteiger partial charge is 0.238 e. The van der Waals surface area contributed by atoms with Gasteiger partial charge in [-0.05, 0) is 31.4 Å². The fraction of sp³-hybridized carbons (Fsp3) is 0.538. The van der Waals surface area contributed by atoms with Crippen molar-refractivity contribution in [3.05, 3.63) is 30.3 Å². The zero-order valence-corrected chi connectivity index (χ0v) is 11.5. The van der Waals surface area contributed by atoms with Crippen LogP contribution in [0.4, 0.5) is 5.69 Å². The highest BCUT2D eigenvalue weighted by molar-refractivity contribution is 7.94. The SMILES string of the molecule is CC1(S(=O)(=O)Nc2ccccc2)CC1C1COOC1. The highest BCUT2D eigenvalue weighted by Crippen LogP contribution is 2.55. The maximum atomic E-state index is 12.5. The van der Waals surface area contributed by atoms with Gasteiger partial charge in [0.2, 0.25) is 10.0 Å². The number of nitrogens with one attached hydrogen (secondary N) is 1. The van der Waals surface area contributed by atoms with E-state index in [1.165, 1.54) is 0 Å². The molecule has 19 heavy (non-hydrogen) atoms. The molecule has 2 atom stereocenters. The molecule has 1 aromatic rings. The molecule has 2 fully saturated rings. The number of hydrogen-bond donors (Lipinski definition) is 1. The Balaban J connectivity index is 1.74. The first-order valence-electron chi connectivity index (χ1n) is 6.35. The van der Waals surface area contributed by atoms with Crippen molar-refractivity contribution in [1.29, 1.82) is 0 Å². The number of benzene rings is 1. The standard InChI is InChI=1S/C13H17NO4S/c1-13(7-12(13)10-8-17-18-9-10)19(15,16)14-11-5-3-2-4-6-11/h2-6,10,12,14H,7-9H2,1H3. The summed E-state index contributed by atoms with van der Waals surface area (Å²) >= 11 is 0. The van der Waals surface area contributed by atoms with E-state index < -0.39 is 14.8 Å². The molecule has 1 aromatic carbocycles. The average molecular weight is 283 g/mol. The highest BCUT2D eigenvalue weighted by atomic mass is 32.2. The second-order valence-corrected chi connectivity index (χ2v) is 7.57. The van der Waals surface area contributed by atoms with Crippen molar-refractivity contribution in [1.82, 2.24) is 0 Å². The van der Waals surface area contributed by atoms with E-state index in [4.69, 9.17) is 9.78 Å². The van der Waals surface area contributed by atoms with Crippen LogP contribution in [0.3, 0.4) is 0 Å². The van der Waals surface area contributed by atoms with Crippen molar-refractivity contribution >= 4 is 15.7 Å². The zero-order valence-electron chi connectivity index (χ0n) is 10.7. The van der Waals surface area contributed by atoms with Gasteiger partial charge in [-0.25, -0.2) is 18.2 Å². The lowest BCUT2D eigenvalue weighted by Crippen LogP contribution is -2.31.